The van der Waals surface area contributed by atoms with Crippen molar-refractivity contribution in [1.82, 2.24) is 30.3 Å². The molecule has 1 aliphatic heterocycles. The van der Waals surface area contributed by atoms with Gasteiger partial charge in [-0.05, 0) is 25.0 Å². The normalized spacial score (nSPS) is 17.2. The van der Waals surface area contributed by atoms with Crippen molar-refractivity contribution >= 4 is 22.9 Å². The van der Waals surface area contributed by atoms with Crippen LogP contribution in [0, 0.1) is 5.92 Å². The van der Waals surface area contributed by atoms with Gasteiger partial charge >= 0.3 is 0 Å². The number of halogens is 2. The van der Waals surface area contributed by atoms with Gasteiger partial charge in [-0.1, -0.05) is 23.4 Å². The molecular formula is C18H19F2N7O. The number of hydrogen-bond donors (Lipinski definition) is 1. The van der Waals surface area contributed by atoms with Crippen molar-refractivity contribution in [3.8, 4) is 5.69 Å². The summed E-state index contributed by atoms with van der Waals surface area (Å²) in [4.78, 5) is 22.8. The monoisotopic (exact) mass is 387 g/mol. The molecule has 146 valence electrons. The number of nitrogens with zero attached hydrogens (tertiary/aromatic N) is 6. The summed E-state index contributed by atoms with van der Waals surface area (Å²) in [5, 5.41) is 10.8. The number of aromatic nitrogens is 5. The van der Waals surface area contributed by atoms with Crippen LogP contribution >= 0.6 is 0 Å². The highest BCUT2D eigenvalue weighted by atomic mass is 19.3. The second kappa shape index (κ2) is 7.83. The summed E-state index contributed by atoms with van der Waals surface area (Å²) >= 11 is 0. The SMILES string of the molecule is O=C(NCC(F)F)C1CCCN(c2ncnc3c2nnn3-c2ccccc2)C1. The van der Waals surface area contributed by atoms with E-state index in [1.165, 1.54) is 6.33 Å². The lowest BCUT2D eigenvalue weighted by atomic mass is 9.97. The molecule has 0 aliphatic carbocycles. The molecule has 28 heavy (non-hydrogen) atoms. The Morgan fingerprint density at radius 1 is 1.25 bits per heavy atom. The summed E-state index contributed by atoms with van der Waals surface area (Å²) in [6, 6.07) is 9.52. The molecule has 1 atom stereocenters. The lowest BCUT2D eigenvalue weighted by Gasteiger charge is -2.32. The maximum Gasteiger partial charge on any atom is 0.255 e. The van der Waals surface area contributed by atoms with Crippen LogP contribution in [0.5, 0.6) is 0 Å². The van der Waals surface area contributed by atoms with Crippen molar-refractivity contribution in [2.24, 2.45) is 5.92 Å². The van der Waals surface area contributed by atoms with E-state index < -0.39 is 13.0 Å². The van der Waals surface area contributed by atoms with E-state index in [-0.39, 0.29) is 11.8 Å². The first-order chi connectivity index (χ1) is 13.6. The maximum absolute atomic E-state index is 12.4. The average Bonchev–Trinajstić information content (AvgIpc) is 3.17. The lowest BCUT2D eigenvalue weighted by Crippen LogP contribution is -2.44. The van der Waals surface area contributed by atoms with E-state index in [0.717, 1.165) is 12.1 Å². The van der Waals surface area contributed by atoms with Crippen molar-refractivity contribution in [1.29, 1.82) is 0 Å². The fourth-order valence-corrected chi connectivity index (χ4v) is 3.42. The van der Waals surface area contributed by atoms with Gasteiger partial charge in [0.25, 0.3) is 6.43 Å². The molecule has 1 aliphatic rings. The molecule has 1 unspecified atom stereocenters. The predicted molar refractivity (Wildman–Crippen MR) is 98.4 cm³/mol. The quantitative estimate of drug-likeness (QED) is 0.718. The van der Waals surface area contributed by atoms with Gasteiger partial charge in [-0.25, -0.2) is 18.7 Å². The minimum absolute atomic E-state index is 0.358. The van der Waals surface area contributed by atoms with Crippen LogP contribution in [0.1, 0.15) is 12.8 Å². The van der Waals surface area contributed by atoms with Crippen LogP contribution in [-0.2, 0) is 4.79 Å². The van der Waals surface area contributed by atoms with Crippen LogP contribution in [0.3, 0.4) is 0 Å². The number of fused-ring (bicyclic) bond motifs is 1. The van der Waals surface area contributed by atoms with Crippen LogP contribution < -0.4 is 10.2 Å². The number of carbonyl (C=O) groups excluding carboxylic acids is 1. The number of para-hydroxylation sites is 1. The molecule has 3 heterocycles. The molecule has 1 amide bonds. The van der Waals surface area contributed by atoms with Crippen molar-refractivity contribution in [3.63, 3.8) is 0 Å². The number of rotatable bonds is 5. The third kappa shape index (κ3) is 3.62. The molecule has 10 heteroatoms. The van der Waals surface area contributed by atoms with Gasteiger partial charge in [-0.15, -0.1) is 5.10 Å². The summed E-state index contributed by atoms with van der Waals surface area (Å²) in [5.41, 5.74) is 1.94. The third-order valence-electron chi connectivity index (χ3n) is 4.74. The molecule has 1 aromatic carbocycles. The number of nitrogens with one attached hydrogen (secondary N) is 1. The molecule has 1 saturated heterocycles. The zero-order valence-corrected chi connectivity index (χ0v) is 15.0. The second-order valence-corrected chi connectivity index (χ2v) is 6.63. The third-order valence-corrected chi connectivity index (χ3v) is 4.74. The Morgan fingerprint density at radius 3 is 2.86 bits per heavy atom. The molecule has 8 nitrogen and oxygen atoms in total. The Hall–Kier alpha value is -3.17. The van der Waals surface area contributed by atoms with E-state index in [1.54, 1.807) is 4.68 Å². The Bertz CT molecular complexity index is 963. The highest BCUT2D eigenvalue weighted by molar-refractivity contribution is 5.85. The second-order valence-electron chi connectivity index (χ2n) is 6.63. The van der Waals surface area contributed by atoms with Crippen LogP contribution in [0.25, 0.3) is 16.9 Å². The summed E-state index contributed by atoms with van der Waals surface area (Å²) in [6.07, 6.45) is 0.292. The van der Waals surface area contributed by atoms with E-state index >= 15 is 0 Å². The highest BCUT2D eigenvalue weighted by Gasteiger charge is 2.28. The van der Waals surface area contributed by atoms with Gasteiger partial charge in [0, 0.05) is 13.1 Å². The molecule has 0 radical (unpaired) electrons. The summed E-state index contributed by atoms with van der Waals surface area (Å²) in [7, 11) is 0. The van der Waals surface area contributed by atoms with Crippen LogP contribution in [-0.4, -0.2) is 56.9 Å². The summed E-state index contributed by atoms with van der Waals surface area (Å²) in [6.45, 7) is 0.459. The van der Waals surface area contributed by atoms with E-state index in [2.05, 4.69) is 25.6 Å². The largest absolute Gasteiger partial charge is 0.354 e. The number of benzene rings is 1. The number of hydrogen-bond acceptors (Lipinski definition) is 6. The van der Waals surface area contributed by atoms with Gasteiger partial charge in [0.15, 0.2) is 17.0 Å². The van der Waals surface area contributed by atoms with Crippen molar-refractivity contribution < 1.29 is 13.6 Å². The van der Waals surface area contributed by atoms with E-state index in [0.29, 0.717) is 36.5 Å². The fraction of sp³-hybridized carbons (Fsp3) is 0.389. The minimum atomic E-state index is -2.56. The van der Waals surface area contributed by atoms with Crippen molar-refractivity contribution in [2.45, 2.75) is 19.3 Å². The van der Waals surface area contributed by atoms with Gasteiger partial charge in [-0.3, -0.25) is 4.79 Å². The molecule has 0 spiro atoms. The van der Waals surface area contributed by atoms with Crippen LogP contribution in [0.15, 0.2) is 36.7 Å². The summed E-state index contributed by atoms with van der Waals surface area (Å²) in [5.74, 6) is -0.136. The van der Waals surface area contributed by atoms with E-state index in [1.807, 2.05) is 35.2 Å². The zero-order valence-electron chi connectivity index (χ0n) is 15.0. The van der Waals surface area contributed by atoms with Gasteiger partial charge in [0.05, 0.1) is 18.2 Å². The molecule has 4 rings (SSSR count). The molecule has 0 bridgehead atoms. The predicted octanol–water partition coefficient (Wildman–Crippen LogP) is 1.81. The van der Waals surface area contributed by atoms with Gasteiger partial charge in [-0.2, -0.15) is 4.68 Å². The van der Waals surface area contributed by atoms with Gasteiger partial charge in [0.1, 0.15) is 6.33 Å². The van der Waals surface area contributed by atoms with Crippen LogP contribution in [0.2, 0.25) is 0 Å². The Balaban J connectivity index is 1.59. The first-order valence-electron chi connectivity index (χ1n) is 9.06. The maximum atomic E-state index is 12.4. The van der Waals surface area contributed by atoms with Gasteiger partial charge in [0.2, 0.25) is 5.91 Å². The number of anilines is 1. The van der Waals surface area contributed by atoms with Crippen LogP contribution in [0.4, 0.5) is 14.6 Å². The van der Waals surface area contributed by atoms with E-state index in [4.69, 9.17) is 0 Å². The molecule has 1 N–H and O–H groups in total. The standard InChI is InChI=1S/C18H19F2N7O/c19-14(20)9-21-18(28)12-5-4-8-26(10-12)16-15-17(23-11-22-16)27(25-24-15)13-6-2-1-3-7-13/h1-3,6-7,11-12,14H,4-5,8-10H2,(H,21,28). The first kappa shape index (κ1) is 18.2. The Labute approximate surface area is 159 Å². The molecule has 0 saturated carbocycles. The lowest BCUT2D eigenvalue weighted by molar-refractivity contribution is -0.125. The summed E-state index contributed by atoms with van der Waals surface area (Å²) < 4.78 is 26.4. The number of carbonyl (C=O) groups is 1. The molecule has 2 aromatic heterocycles. The Morgan fingerprint density at radius 2 is 2.07 bits per heavy atom. The van der Waals surface area contributed by atoms with Gasteiger partial charge < -0.3 is 10.2 Å². The fourth-order valence-electron chi connectivity index (χ4n) is 3.42. The number of amides is 1. The number of alkyl halides is 2. The number of piperidine rings is 1. The zero-order chi connectivity index (χ0) is 19.5. The Kier molecular flexibility index (Phi) is 5.09. The average molecular weight is 387 g/mol. The van der Waals surface area contributed by atoms with E-state index in [9.17, 15) is 13.6 Å². The molecule has 1 fully saturated rings. The molecular weight excluding hydrogens is 368 g/mol. The topological polar surface area (TPSA) is 88.8 Å². The minimum Gasteiger partial charge on any atom is -0.354 e. The molecule has 3 aromatic rings. The highest BCUT2D eigenvalue weighted by Crippen LogP contribution is 2.27. The van der Waals surface area contributed by atoms with Crippen molar-refractivity contribution in [3.05, 3.63) is 36.7 Å². The van der Waals surface area contributed by atoms with Crippen molar-refractivity contribution in [2.75, 3.05) is 24.5 Å². The first-order valence-corrected chi connectivity index (χ1v) is 9.06. The smallest absolute Gasteiger partial charge is 0.255 e.